The lowest BCUT2D eigenvalue weighted by Crippen LogP contribution is -2.38. The van der Waals surface area contributed by atoms with E-state index in [-0.39, 0.29) is 27.9 Å². The van der Waals surface area contributed by atoms with Crippen molar-refractivity contribution in [1.82, 2.24) is 8.87 Å². The van der Waals surface area contributed by atoms with Crippen molar-refractivity contribution in [2.45, 2.75) is 17.3 Å². The molecule has 1 aliphatic heterocycles. The van der Waals surface area contributed by atoms with Gasteiger partial charge in [-0.1, -0.05) is 48.0 Å². The summed E-state index contributed by atoms with van der Waals surface area (Å²) < 4.78 is 29.1. The number of thiophene rings is 1. The van der Waals surface area contributed by atoms with Crippen molar-refractivity contribution in [3.8, 4) is 11.3 Å². The van der Waals surface area contributed by atoms with E-state index in [0.717, 1.165) is 16.9 Å². The minimum Gasteiger partial charge on any atom is -0.478 e. The Balaban J connectivity index is 1.83. The maximum atomic E-state index is 12.8. The van der Waals surface area contributed by atoms with Gasteiger partial charge in [0.1, 0.15) is 9.77 Å². The molecule has 1 aliphatic rings. The lowest BCUT2D eigenvalue weighted by atomic mass is 10.1. The van der Waals surface area contributed by atoms with Gasteiger partial charge in [-0.05, 0) is 17.0 Å². The van der Waals surface area contributed by atoms with Crippen LogP contribution in [0.2, 0.25) is 5.02 Å². The molecule has 0 atom stereocenters. The zero-order chi connectivity index (χ0) is 19.2. The first-order valence-electron chi connectivity index (χ1n) is 8.14. The highest BCUT2D eigenvalue weighted by atomic mass is 35.5. The Labute approximate surface area is 165 Å². The van der Waals surface area contributed by atoms with Gasteiger partial charge in [0.25, 0.3) is 10.0 Å². The van der Waals surface area contributed by atoms with E-state index < -0.39 is 16.0 Å². The molecule has 0 radical (unpaired) electrons. The Kier molecular flexibility index (Phi) is 4.59. The molecule has 4 rings (SSSR count). The minimum atomic E-state index is -3.67. The van der Waals surface area contributed by atoms with Crippen LogP contribution in [0.4, 0.5) is 0 Å². The molecular formula is C18H15ClN2O4S2. The van der Waals surface area contributed by atoms with E-state index in [1.165, 1.54) is 4.31 Å². The number of carbonyl (C=O) groups is 1. The van der Waals surface area contributed by atoms with Crippen LogP contribution < -0.4 is 0 Å². The van der Waals surface area contributed by atoms with Crippen LogP contribution in [0.1, 0.15) is 16.1 Å². The number of sulfonamides is 1. The van der Waals surface area contributed by atoms with Crippen molar-refractivity contribution in [2.75, 3.05) is 6.54 Å². The van der Waals surface area contributed by atoms with E-state index >= 15 is 0 Å². The van der Waals surface area contributed by atoms with E-state index in [1.807, 2.05) is 34.9 Å². The number of aromatic carboxylic acids is 1. The third-order valence-corrected chi connectivity index (χ3v) is 8.15. The van der Waals surface area contributed by atoms with Crippen LogP contribution in [-0.4, -0.2) is 34.9 Å². The standard InChI is InChI=1S/C18H15ClN2O4S2/c19-16-15(18(22)23)13-11-20(27(24,25)14-7-4-10-26-14)8-9-21(13)17(16)12-5-2-1-3-6-12/h1-7,10H,8-9,11H2,(H,22,23). The summed E-state index contributed by atoms with van der Waals surface area (Å²) in [5.74, 6) is -1.17. The second-order valence-electron chi connectivity index (χ2n) is 6.08. The predicted molar refractivity (Wildman–Crippen MR) is 104 cm³/mol. The first-order chi connectivity index (χ1) is 12.9. The second-order valence-corrected chi connectivity index (χ2v) is 9.57. The van der Waals surface area contributed by atoms with E-state index in [1.54, 1.807) is 17.5 Å². The van der Waals surface area contributed by atoms with Gasteiger partial charge < -0.3 is 9.67 Å². The predicted octanol–water partition coefficient (Wildman–Crippen LogP) is 3.77. The summed E-state index contributed by atoms with van der Waals surface area (Å²) in [6.07, 6.45) is 0. The highest BCUT2D eigenvalue weighted by Crippen LogP contribution is 2.39. The van der Waals surface area contributed by atoms with Gasteiger partial charge in [0, 0.05) is 18.8 Å². The van der Waals surface area contributed by atoms with Crippen molar-refractivity contribution in [1.29, 1.82) is 0 Å². The first-order valence-corrected chi connectivity index (χ1v) is 10.8. The van der Waals surface area contributed by atoms with Crippen LogP contribution in [0.15, 0.2) is 52.1 Å². The topological polar surface area (TPSA) is 79.6 Å². The van der Waals surface area contributed by atoms with Crippen molar-refractivity contribution >= 4 is 38.9 Å². The molecule has 0 saturated heterocycles. The zero-order valence-electron chi connectivity index (χ0n) is 14.0. The summed E-state index contributed by atoms with van der Waals surface area (Å²) in [6.45, 7) is 0.544. The minimum absolute atomic E-state index is 0.0333. The number of rotatable bonds is 4. The maximum absolute atomic E-state index is 12.8. The average molecular weight is 423 g/mol. The summed E-state index contributed by atoms with van der Waals surface area (Å²) in [6, 6.07) is 12.5. The van der Waals surface area contributed by atoms with Crippen LogP contribution in [-0.2, 0) is 23.1 Å². The van der Waals surface area contributed by atoms with Gasteiger partial charge in [-0.25, -0.2) is 13.2 Å². The fourth-order valence-corrected chi connectivity index (χ4v) is 6.28. The number of aromatic nitrogens is 1. The summed E-state index contributed by atoms with van der Waals surface area (Å²) in [5, 5.41) is 11.5. The average Bonchev–Trinajstić information content (AvgIpc) is 3.28. The van der Waals surface area contributed by atoms with Crippen LogP contribution in [0, 0.1) is 0 Å². The SMILES string of the molecule is O=C(O)c1c(Cl)c(-c2ccccc2)n2c1CN(S(=O)(=O)c1cccs1)CC2. The quantitative estimate of drug-likeness (QED) is 0.694. The molecule has 140 valence electrons. The zero-order valence-corrected chi connectivity index (χ0v) is 16.4. The van der Waals surface area contributed by atoms with Gasteiger partial charge in [0.2, 0.25) is 0 Å². The highest BCUT2D eigenvalue weighted by Gasteiger charge is 2.35. The molecule has 0 amide bonds. The summed E-state index contributed by atoms with van der Waals surface area (Å²) in [7, 11) is -3.67. The maximum Gasteiger partial charge on any atom is 0.339 e. The Hall–Kier alpha value is -2.13. The molecule has 9 heteroatoms. The number of hydrogen-bond donors (Lipinski definition) is 1. The largest absolute Gasteiger partial charge is 0.478 e. The van der Waals surface area contributed by atoms with Crippen LogP contribution >= 0.6 is 22.9 Å². The van der Waals surface area contributed by atoms with E-state index in [2.05, 4.69) is 0 Å². The summed E-state index contributed by atoms with van der Waals surface area (Å²) in [5.41, 5.74) is 1.77. The molecule has 0 spiro atoms. The molecule has 3 aromatic rings. The normalized spacial score (nSPS) is 14.9. The Morgan fingerprint density at radius 1 is 1.11 bits per heavy atom. The van der Waals surface area contributed by atoms with Crippen molar-refractivity contribution in [3.05, 3.63) is 64.1 Å². The van der Waals surface area contributed by atoms with Crippen molar-refractivity contribution in [3.63, 3.8) is 0 Å². The van der Waals surface area contributed by atoms with Gasteiger partial charge >= 0.3 is 5.97 Å². The molecular weight excluding hydrogens is 408 g/mol. The Bertz CT molecular complexity index is 1110. The van der Waals surface area contributed by atoms with Gasteiger partial charge in [-0.2, -0.15) is 4.31 Å². The lowest BCUT2D eigenvalue weighted by molar-refractivity contribution is 0.0694. The van der Waals surface area contributed by atoms with Crippen molar-refractivity contribution in [2.24, 2.45) is 0 Å². The Morgan fingerprint density at radius 3 is 2.48 bits per heavy atom. The first kappa shape index (κ1) is 18.2. The van der Waals surface area contributed by atoms with Crippen LogP contribution in [0.5, 0.6) is 0 Å². The van der Waals surface area contributed by atoms with Crippen molar-refractivity contribution < 1.29 is 18.3 Å². The summed E-state index contributed by atoms with van der Waals surface area (Å²) >= 11 is 7.59. The molecule has 6 nitrogen and oxygen atoms in total. The number of carboxylic acids is 1. The van der Waals surface area contributed by atoms with E-state index in [0.29, 0.717) is 17.9 Å². The molecule has 1 N–H and O–H groups in total. The molecule has 0 aliphatic carbocycles. The fraction of sp³-hybridized carbons (Fsp3) is 0.167. The molecule has 0 saturated carbocycles. The number of benzene rings is 1. The smallest absolute Gasteiger partial charge is 0.339 e. The number of halogens is 1. The van der Waals surface area contributed by atoms with Gasteiger partial charge in [0.15, 0.2) is 0 Å². The van der Waals surface area contributed by atoms with Gasteiger partial charge in [-0.15, -0.1) is 11.3 Å². The summed E-state index contributed by atoms with van der Waals surface area (Å²) in [4.78, 5) is 11.9. The molecule has 2 aromatic heterocycles. The molecule has 27 heavy (non-hydrogen) atoms. The van der Waals surface area contributed by atoms with E-state index in [4.69, 9.17) is 11.6 Å². The fourth-order valence-electron chi connectivity index (χ4n) is 3.34. The van der Waals surface area contributed by atoms with Crippen LogP contribution in [0.3, 0.4) is 0 Å². The molecule has 3 heterocycles. The highest BCUT2D eigenvalue weighted by molar-refractivity contribution is 7.91. The molecule has 0 unspecified atom stereocenters. The number of fused-ring (bicyclic) bond motifs is 1. The Morgan fingerprint density at radius 2 is 1.85 bits per heavy atom. The third-order valence-electron chi connectivity index (χ3n) is 4.56. The van der Waals surface area contributed by atoms with Gasteiger partial charge in [-0.3, -0.25) is 0 Å². The van der Waals surface area contributed by atoms with Gasteiger partial charge in [0.05, 0.1) is 17.3 Å². The molecule has 1 aromatic carbocycles. The lowest BCUT2D eigenvalue weighted by Gasteiger charge is -2.28. The number of carboxylic acid groups (broad SMARTS) is 1. The molecule has 0 bridgehead atoms. The molecule has 0 fully saturated rings. The number of hydrogen-bond acceptors (Lipinski definition) is 4. The van der Waals surface area contributed by atoms with E-state index in [9.17, 15) is 18.3 Å². The monoisotopic (exact) mass is 422 g/mol. The third kappa shape index (κ3) is 2.98. The number of nitrogens with zero attached hydrogens (tertiary/aromatic N) is 2. The van der Waals surface area contributed by atoms with Crippen LogP contribution in [0.25, 0.3) is 11.3 Å². The second kappa shape index (κ2) is 6.79.